The van der Waals surface area contributed by atoms with Gasteiger partial charge in [0.25, 0.3) is 5.56 Å². The Hall–Kier alpha value is -1.94. The van der Waals surface area contributed by atoms with Crippen molar-refractivity contribution in [3.63, 3.8) is 0 Å². The molecule has 4 aromatic heterocycles. The fraction of sp³-hybridized carbons (Fsp3) is 0.211. The molecule has 0 bridgehead atoms. The minimum atomic E-state index is -0.0785. The van der Waals surface area contributed by atoms with Crippen LogP contribution in [0.3, 0.4) is 0 Å². The summed E-state index contributed by atoms with van der Waals surface area (Å²) in [5, 5.41) is 5.91. The number of thiophene rings is 2. The van der Waals surface area contributed by atoms with Crippen molar-refractivity contribution in [2.75, 3.05) is 5.75 Å². The molecule has 9 heteroatoms. The predicted octanol–water partition coefficient (Wildman–Crippen LogP) is 4.34. The summed E-state index contributed by atoms with van der Waals surface area (Å²) >= 11 is 6.26. The van der Waals surface area contributed by atoms with Crippen molar-refractivity contribution in [1.29, 1.82) is 0 Å². The monoisotopic (exact) mass is 447 g/mol. The van der Waals surface area contributed by atoms with Crippen LogP contribution in [-0.4, -0.2) is 25.9 Å². The molecule has 5 nitrogen and oxygen atoms in total. The molecule has 0 spiro atoms. The van der Waals surface area contributed by atoms with Crippen molar-refractivity contribution < 1.29 is 4.79 Å². The van der Waals surface area contributed by atoms with Crippen LogP contribution in [0.1, 0.15) is 15.4 Å². The van der Waals surface area contributed by atoms with E-state index in [9.17, 15) is 9.59 Å². The topological polar surface area (TPSA) is 54.7 Å². The maximum Gasteiger partial charge on any atom is 0.258 e. The normalized spacial score (nSPS) is 11.1. The lowest BCUT2D eigenvalue weighted by Gasteiger charge is -2.21. The molecule has 0 saturated carbocycles. The van der Waals surface area contributed by atoms with Gasteiger partial charge in [-0.15, -0.1) is 45.8 Å². The zero-order valence-corrected chi connectivity index (χ0v) is 18.1. The van der Waals surface area contributed by atoms with Crippen LogP contribution in [0.2, 0.25) is 0 Å². The molecule has 0 aromatic carbocycles. The summed E-state index contributed by atoms with van der Waals surface area (Å²) in [4.78, 5) is 34.4. The van der Waals surface area contributed by atoms with E-state index in [0.29, 0.717) is 35.3 Å². The van der Waals surface area contributed by atoms with Gasteiger partial charge < -0.3 is 4.90 Å². The average molecular weight is 448 g/mol. The van der Waals surface area contributed by atoms with E-state index in [1.54, 1.807) is 34.9 Å². The Labute approximate surface area is 178 Å². The minimum absolute atomic E-state index is 0.0785. The predicted molar refractivity (Wildman–Crippen MR) is 118 cm³/mol. The molecule has 144 valence electrons. The number of fused-ring (bicyclic) bond motifs is 1. The molecule has 4 rings (SSSR count). The van der Waals surface area contributed by atoms with Crippen molar-refractivity contribution in [2.45, 2.75) is 18.8 Å². The maximum atomic E-state index is 12.9. The fourth-order valence-electron chi connectivity index (χ4n) is 2.71. The van der Waals surface area contributed by atoms with Gasteiger partial charge in [0.1, 0.15) is 0 Å². The molecule has 0 aliphatic heterocycles. The second-order valence-electron chi connectivity index (χ2n) is 6.04. The van der Waals surface area contributed by atoms with Crippen LogP contribution in [0.5, 0.6) is 0 Å². The van der Waals surface area contributed by atoms with Gasteiger partial charge in [-0.2, -0.15) is 0 Å². The molecule has 0 fully saturated rings. The number of hydrogen-bond acceptors (Lipinski definition) is 7. The Kier molecular flexibility index (Phi) is 6.26. The summed E-state index contributed by atoms with van der Waals surface area (Å²) in [5.74, 6) is 1.00. The molecule has 28 heavy (non-hydrogen) atoms. The standard InChI is InChI=1S/C19H17N3O2S4/c23-17-9-14(20-19-22(17)5-8-28-19)12-25-13-18(24)21(10-15-3-1-6-26-15)11-16-4-2-7-27-16/h1-9H,10-13H2. The van der Waals surface area contributed by atoms with Crippen LogP contribution in [0.4, 0.5) is 0 Å². The number of carbonyl (C=O) groups is 1. The largest absolute Gasteiger partial charge is 0.332 e. The Morgan fingerprint density at radius 2 is 1.79 bits per heavy atom. The molecule has 4 heterocycles. The molecule has 0 N–H and O–H groups in total. The van der Waals surface area contributed by atoms with E-state index in [-0.39, 0.29) is 11.5 Å². The van der Waals surface area contributed by atoms with Crippen LogP contribution in [0.15, 0.2) is 57.5 Å². The van der Waals surface area contributed by atoms with Gasteiger partial charge in [0.05, 0.1) is 24.5 Å². The Bertz CT molecular complexity index is 1060. The first-order chi connectivity index (χ1) is 13.7. The average Bonchev–Trinajstić information content (AvgIpc) is 3.44. The highest BCUT2D eigenvalue weighted by molar-refractivity contribution is 7.99. The van der Waals surface area contributed by atoms with Gasteiger partial charge in [0.15, 0.2) is 4.96 Å². The SMILES string of the molecule is O=C(CSCc1cc(=O)n2ccsc2n1)N(Cc1cccs1)Cc1cccs1. The Morgan fingerprint density at radius 3 is 2.43 bits per heavy atom. The fourth-order valence-corrected chi connectivity index (χ4v) is 5.70. The summed E-state index contributed by atoms with van der Waals surface area (Å²) in [7, 11) is 0. The summed E-state index contributed by atoms with van der Waals surface area (Å²) in [6, 6.07) is 9.67. The third kappa shape index (κ3) is 4.72. The van der Waals surface area contributed by atoms with Crippen LogP contribution >= 0.6 is 45.8 Å². The van der Waals surface area contributed by atoms with E-state index in [1.165, 1.54) is 37.3 Å². The first-order valence-corrected chi connectivity index (χ1v) is 12.3. The summed E-state index contributed by atoms with van der Waals surface area (Å²) < 4.78 is 1.54. The second kappa shape index (κ2) is 9.04. The van der Waals surface area contributed by atoms with Crippen LogP contribution in [-0.2, 0) is 23.6 Å². The zero-order valence-electron chi connectivity index (χ0n) is 14.8. The van der Waals surface area contributed by atoms with Gasteiger partial charge in [0, 0.05) is 33.2 Å². The molecule has 1 amide bonds. The lowest BCUT2D eigenvalue weighted by molar-refractivity contribution is -0.129. The number of thiazole rings is 1. The van der Waals surface area contributed by atoms with Gasteiger partial charge >= 0.3 is 0 Å². The molecule has 0 aliphatic rings. The molecule has 0 aliphatic carbocycles. The van der Waals surface area contributed by atoms with E-state index < -0.39 is 0 Å². The minimum Gasteiger partial charge on any atom is -0.332 e. The maximum absolute atomic E-state index is 12.9. The van der Waals surface area contributed by atoms with E-state index in [1.807, 2.05) is 33.2 Å². The lowest BCUT2D eigenvalue weighted by atomic mass is 10.3. The first kappa shape index (κ1) is 19.4. The van der Waals surface area contributed by atoms with Crippen molar-refractivity contribution in [2.24, 2.45) is 0 Å². The van der Waals surface area contributed by atoms with E-state index in [4.69, 9.17) is 0 Å². The third-order valence-electron chi connectivity index (χ3n) is 4.04. The van der Waals surface area contributed by atoms with Gasteiger partial charge in [0.2, 0.25) is 5.91 Å². The second-order valence-corrected chi connectivity index (χ2v) is 9.97. The number of aromatic nitrogens is 2. The summed E-state index contributed by atoms with van der Waals surface area (Å²) in [6.07, 6.45) is 1.73. The highest BCUT2D eigenvalue weighted by Crippen LogP contribution is 2.19. The van der Waals surface area contributed by atoms with Gasteiger partial charge in [-0.25, -0.2) is 4.98 Å². The third-order valence-corrected chi connectivity index (χ3v) is 7.47. The highest BCUT2D eigenvalue weighted by atomic mass is 32.2. The lowest BCUT2D eigenvalue weighted by Crippen LogP contribution is -2.31. The molecule has 0 atom stereocenters. The van der Waals surface area contributed by atoms with Gasteiger partial charge in [-0.1, -0.05) is 12.1 Å². The first-order valence-electron chi connectivity index (χ1n) is 8.55. The van der Waals surface area contributed by atoms with Crippen molar-refractivity contribution in [3.05, 3.63) is 78.5 Å². The number of nitrogens with zero attached hydrogens (tertiary/aromatic N) is 3. The van der Waals surface area contributed by atoms with Crippen LogP contribution < -0.4 is 5.56 Å². The molecule has 0 unspecified atom stereocenters. The molecule has 0 radical (unpaired) electrons. The zero-order chi connectivity index (χ0) is 19.3. The van der Waals surface area contributed by atoms with E-state index in [2.05, 4.69) is 17.1 Å². The van der Waals surface area contributed by atoms with Gasteiger partial charge in [-0.05, 0) is 22.9 Å². The number of thioether (sulfide) groups is 1. The Morgan fingerprint density at radius 1 is 1.07 bits per heavy atom. The molecule has 0 saturated heterocycles. The number of amides is 1. The van der Waals surface area contributed by atoms with Crippen LogP contribution in [0, 0.1) is 0 Å². The molecule has 4 aromatic rings. The van der Waals surface area contributed by atoms with E-state index >= 15 is 0 Å². The molecular formula is C19H17N3O2S4. The smallest absolute Gasteiger partial charge is 0.258 e. The Balaban J connectivity index is 1.39. The van der Waals surface area contributed by atoms with Crippen LogP contribution in [0.25, 0.3) is 4.96 Å². The highest BCUT2D eigenvalue weighted by Gasteiger charge is 2.16. The number of hydrogen-bond donors (Lipinski definition) is 0. The number of carbonyl (C=O) groups excluding carboxylic acids is 1. The van der Waals surface area contributed by atoms with Crippen molar-refractivity contribution >= 4 is 56.6 Å². The van der Waals surface area contributed by atoms with Crippen molar-refractivity contribution in [1.82, 2.24) is 14.3 Å². The van der Waals surface area contributed by atoms with E-state index in [0.717, 1.165) is 0 Å². The van der Waals surface area contributed by atoms with Crippen molar-refractivity contribution in [3.8, 4) is 0 Å². The molecular weight excluding hydrogens is 430 g/mol. The van der Waals surface area contributed by atoms with Gasteiger partial charge in [-0.3, -0.25) is 14.0 Å². The number of rotatable bonds is 8. The summed E-state index contributed by atoms with van der Waals surface area (Å²) in [6.45, 7) is 1.24. The summed E-state index contributed by atoms with van der Waals surface area (Å²) in [5.41, 5.74) is 0.638. The quantitative estimate of drug-likeness (QED) is 0.403.